The fraction of sp³-hybridized carbons (Fsp3) is 0.409. The fourth-order valence-corrected chi connectivity index (χ4v) is 3.02. The summed E-state index contributed by atoms with van der Waals surface area (Å²) < 4.78 is 11.7. The summed E-state index contributed by atoms with van der Waals surface area (Å²) >= 11 is 0. The highest BCUT2D eigenvalue weighted by molar-refractivity contribution is 5.74. The van der Waals surface area contributed by atoms with Crippen LogP contribution in [0.2, 0.25) is 0 Å². The summed E-state index contributed by atoms with van der Waals surface area (Å²) in [7, 11) is 0. The van der Waals surface area contributed by atoms with Crippen molar-refractivity contribution in [3.63, 3.8) is 0 Å². The lowest BCUT2D eigenvalue weighted by atomic mass is 10.1. The van der Waals surface area contributed by atoms with Crippen molar-refractivity contribution in [1.29, 1.82) is 0 Å². The van der Waals surface area contributed by atoms with Crippen molar-refractivity contribution in [2.75, 3.05) is 13.2 Å². The van der Waals surface area contributed by atoms with Crippen LogP contribution in [0.3, 0.4) is 0 Å². The van der Waals surface area contributed by atoms with Gasteiger partial charge in [0.25, 0.3) is 0 Å². The van der Waals surface area contributed by atoms with Crippen LogP contribution in [0.5, 0.6) is 5.75 Å². The summed E-state index contributed by atoms with van der Waals surface area (Å²) in [6, 6.07) is 14.5. The van der Waals surface area contributed by atoms with Crippen LogP contribution in [-0.4, -0.2) is 30.1 Å². The fourth-order valence-electron chi connectivity index (χ4n) is 3.02. The van der Waals surface area contributed by atoms with Gasteiger partial charge in [0.1, 0.15) is 12.4 Å². The summed E-state index contributed by atoms with van der Waals surface area (Å²) in [6.45, 7) is 8.73. The topological polar surface area (TPSA) is 50.8 Å². The highest BCUT2D eigenvalue weighted by Gasteiger charge is 2.20. The summed E-state index contributed by atoms with van der Waals surface area (Å²) in [4.78, 5) is 14.1. The molecule has 0 saturated carbocycles. The van der Waals surface area contributed by atoms with E-state index in [0.29, 0.717) is 32.9 Å². The zero-order chi connectivity index (χ0) is 19.2. The number of rotatable bonds is 5. The van der Waals surface area contributed by atoms with Crippen molar-refractivity contribution in [2.24, 2.45) is 0 Å². The van der Waals surface area contributed by atoms with Crippen LogP contribution >= 0.6 is 0 Å². The maximum absolute atomic E-state index is 12.3. The lowest BCUT2D eigenvalue weighted by Crippen LogP contribution is -2.43. The Bertz CT molecular complexity index is 772. The van der Waals surface area contributed by atoms with E-state index in [1.165, 1.54) is 5.56 Å². The van der Waals surface area contributed by atoms with Gasteiger partial charge in [0.15, 0.2) is 0 Å². The first-order valence-electron chi connectivity index (χ1n) is 9.44. The molecule has 0 unspecified atom stereocenters. The zero-order valence-corrected chi connectivity index (χ0v) is 16.3. The third kappa shape index (κ3) is 5.47. The minimum atomic E-state index is -0.0533. The number of aryl methyl sites for hydroxylation is 1. The molecule has 0 radical (unpaired) electrons. The highest BCUT2D eigenvalue weighted by atomic mass is 16.5. The van der Waals surface area contributed by atoms with E-state index in [2.05, 4.69) is 42.6 Å². The number of hydrogen-bond acceptors (Lipinski definition) is 3. The first-order valence-corrected chi connectivity index (χ1v) is 9.44. The predicted molar refractivity (Wildman–Crippen MR) is 106 cm³/mol. The molecule has 1 heterocycles. The Hall–Kier alpha value is -2.53. The van der Waals surface area contributed by atoms with Crippen molar-refractivity contribution in [3.05, 3.63) is 64.7 Å². The highest BCUT2D eigenvalue weighted by Crippen LogP contribution is 2.25. The van der Waals surface area contributed by atoms with E-state index in [-0.39, 0.29) is 12.1 Å². The van der Waals surface area contributed by atoms with Gasteiger partial charge in [-0.15, -0.1) is 0 Å². The second-order valence-electron chi connectivity index (χ2n) is 7.29. The third-order valence-electron chi connectivity index (χ3n) is 4.46. The van der Waals surface area contributed by atoms with Gasteiger partial charge in [0.05, 0.1) is 26.3 Å². The monoisotopic (exact) mass is 368 g/mol. The molecule has 0 aliphatic carbocycles. The SMILES string of the molecule is Cc1ccc(COCc2ccc3c(c2)CN(C(=O)NC(C)C)CCO3)cc1. The van der Waals surface area contributed by atoms with E-state index >= 15 is 0 Å². The zero-order valence-electron chi connectivity index (χ0n) is 16.3. The van der Waals surface area contributed by atoms with E-state index in [0.717, 1.165) is 22.4 Å². The predicted octanol–water partition coefficient (Wildman–Crippen LogP) is 4.02. The molecule has 3 rings (SSSR count). The number of nitrogens with zero attached hydrogens (tertiary/aromatic N) is 1. The van der Waals surface area contributed by atoms with Crippen molar-refractivity contribution >= 4 is 6.03 Å². The Labute approximate surface area is 161 Å². The summed E-state index contributed by atoms with van der Waals surface area (Å²) in [5.41, 5.74) is 4.50. The Balaban J connectivity index is 1.61. The number of hydrogen-bond donors (Lipinski definition) is 1. The van der Waals surface area contributed by atoms with Crippen molar-refractivity contribution in [3.8, 4) is 5.75 Å². The van der Waals surface area contributed by atoms with Crippen molar-refractivity contribution in [1.82, 2.24) is 10.2 Å². The standard InChI is InChI=1S/C22H28N2O3/c1-16(2)23-22(25)24-10-11-27-21-9-8-19(12-20(21)13-24)15-26-14-18-6-4-17(3)5-7-18/h4-9,12,16H,10-11,13-15H2,1-3H3,(H,23,25). The third-order valence-corrected chi connectivity index (χ3v) is 4.46. The van der Waals surface area contributed by atoms with Gasteiger partial charge in [0, 0.05) is 11.6 Å². The van der Waals surface area contributed by atoms with Crippen LogP contribution in [0.4, 0.5) is 4.79 Å². The molecule has 5 heteroatoms. The molecule has 27 heavy (non-hydrogen) atoms. The first kappa shape index (κ1) is 19.2. The number of urea groups is 1. The van der Waals surface area contributed by atoms with Crippen LogP contribution < -0.4 is 10.1 Å². The molecule has 5 nitrogen and oxygen atoms in total. The number of benzene rings is 2. The van der Waals surface area contributed by atoms with Gasteiger partial charge in [-0.05, 0) is 44.0 Å². The summed E-state index contributed by atoms with van der Waals surface area (Å²) in [5.74, 6) is 0.845. The number of ether oxygens (including phenoxy) is 2. The van der Waals surface area contributed by atoms with Gasteiger partial charge in [0.2, 0.25) is 0 Å². The van der Waals surface area contributed by atoms with Crippen molar-refractivity contribution in [2.45, 2.75) is 46.6 Å². The Morgan fingerprint density at radius 3 is 2.59 bits per heavy atom. The van der Waals surface area contributed by atoms with Crippen LogP contribution in [0.15, 0.2) is 42.5 Å². The molecule has 2 amide bonds. The molecular weight excluding hydrogens is 340 g/mol. The van der Waals surface area contributed by atoms with Crippen molar-refractivity contribution < 1.29 is 14.3 Å². The average Bonchev–Trinajstić information content (AvgIpc) is 2.85. The van der Waals surface area contributed by atoms with E-state index < -0.39 is 0 Å². The molecule has 0 saturated heterocycles. The average molecular weight is 368 g/mol. The van der Waals surface area contributed by atoms with Gasteiger partial charge in [-0.25, -0.2) is 4.79 Å². The number of carbonyl (C=O) groups excluding carboxylic acids is 1. The lowest BCUT2D eigenvalue weighted by Gasteiger charge is -2.22. The van der Waals surface area contributed by atoms with Gasteiger partial charge >= 0.3 is 6.03 Å². The molecule has 1 N–H and O–H groups in total. The molecule has 0 atom stereocenters. The second kappa shape index (κ2) is 8.91. The maximum Gasteiger partial charge on any atom is 0.318 e. The first-order chi connectivity index (χ1) is 13.0. The number of fused-ring (bicyclic) bond motifs is 1. The van der Waals surface area contributed by atoms with Gasteiger partial charge < -0.3 is 19.7 Å². The molecule has 0 fully saturated rings. The molecule has 1 aliphatic rings. The Kier molecular flexibility index (Phi) is 6.35. The maximum atomic E-state index is 12.3. The van der Waals surface area contributed by atoms with E-state index in [1.807, 2.05) is 26.0 Å². The molecule has 0 spiro atoms. The lowest BCUT2D eigenvalue weighted by molar-refractivity contribution is 0.107. The molecule has 144 valence electrons. The van der Waals surface area contributed by atoms with Crippen LogP contribution in [0.1, 0.15) is 36.1 Å². The largest absolute Gasteiger partial charge is 0.491 e. The molecule has 0 aromatic heterocycles. The van der Waals surface area contributed by atoms with Crippen LogP contribution in [0, 0.1) is 6.92 Å². The minimum absolute atomic E-state index is 0.0533. The molecule has 0 bridgehead atoms. The van der Waals surface area contributed by atoms with Gasteiger partial charge in [-0.1, -0.05) is 35.9 Å². The number of nitrogens with one attached hydrogen (secondary N) is 1. The summed E-state index contributed by atoms with van der Waals surface area (Å²) in [6.07, 6.45) is 0. The smallest absolute Gasteiger partial charge is 0.318 e. The van der Waals surface area contributed by atoms with E-state index in [4.69, 9.17) is 9.47 Å². The molecule has 2 aromatic rings. The molecular formula is C22H28N2O3. The number of carbonyl (C=O) groups is 1. The molecule has 2 aromatic carbocycles. The normalized spacial score (nSPS) is 13.7. The quantitative estimate of drug-likeness (QED) is 0.867. The minimum Gasteiger partial charge on any atom is -0.491 e. The van der Waals surface area contributed by atoms with E-state index in [1.54, 1.807) is 4.90 Å². The molecule has 1 aliphatic heterocycles. The number of amides is 2. The Morgan fingerprint density at radius 2 is 1.85 bits per heavy atom. The van der Waals surface area contributed by atoms with Crippen LogP contribution in [0.25, 0.3) is 0 Å². The van der Waals surface area contributed by atoms with Crippen LogP contribution in [-0.2, 0) is 24.5 Å². The van der Waals surface area contributed by atoms with Gasteiger partial charge in [-0.3, -0.25) is 0 Å². The van der Waals surface area contributed by atoms with E-state index in [9.17, 15) is 4.79 Å². The van der Waals surface area contributed by atoms with Gasteiger partial charge in [-0.2, -0.15) is 0 Å². The second-order valence-corrected chi connectivity index (χ2v) is 7.29. The Morgan fingerprint density at radius 1 is 1.15 bits per heavy atom. The summed E-state index contributed by atoms with van der Waals surface area (Å²) in [5, 5.41) is 2.95.